The number of ketones is 2. The van der Waals surface area contributed by atoms with E-state index in [9.17, 15) is 9.59 Å². The zero-order valence-corrected chi connectivity index (χ0v) is 13.5. The van der Waals surface area contributed by atoms with Crippen molar-refractivity contribution in [2.75, 3.05) is 0 Å². The Kier molecular flexibility index (Phi) is 5.88. The van der Waals surface area contributed by atoms with Crippen molar-refractivity contribution in [2.45, 2.75) is 52.4 Å². The lowest BCUT2D eigenvalue weighted by Crippen LogP contribution is -2.14. The van der Waals surface area contributed by atoms with E-state index in [1.165, 1.54) is 11.1 Å². The van der Waals surface area contributed by atoms with E-state index in [-0.39, 0.29) is 5.78 Å². The Morgan fingerprint density at radius 1 is 1.14 bits per heavy atom. The molecule has 2 aliphatic rings. The molecule has 0 aliphatic heterocycles. The predicted octanol–water partition coefficient (Wildman–Crippen LogP) is 4.62. The third-order valence-corrected chi connectivity index (χ3v) is 4.08. The summed E-state index contributed by atoms with van der Waals surface area (Å²) in [5.41, 5.74) is 4.33. The molecule has 2 heteroatoms. The Hall–Kier alpha value is -1.96. The van der Waals surface area contributed by atoms with Crippen molar-refractivity contribution in [1.29, 1.82) is 0 Å². The summed E-state index contributed by atoms with van der Waals surface area (Å²) in [5.74, 6) is 0.502. The van der Waals surface area contributed by atoms with Gasteiger partial charge in [0.15, 0.2) is 5.78 Å². The molecule has 0 unspecified atom stereocenters. The van der Waals surface area contributed by atoms with E-state index in [4.69, 9.17) is 0 Å². The van der Waals surface area contributed by atoms with Crippen LogP contribution in [0.15, 0.2) is 42.0 Å². The summed E-state index contributed by atoms with van der Waals surface area (Å²) in [5, 5.41) is 0. The minimum absolute atomic E-state index is 0.200. The first-order valence-corrected chi connectivity index (χ1v) is 8.24. The number of hydrogen-bond donors (Lipinski definition) is 0. The van der Waals surface area contributed by atoms with Crippen LogP contribution in [0.1, 0.15) is 61.0 Å². The molecule has 0 saturated heterocycles. The highest BCUT2D eigenvalue weighted by Crippen LogP contribution is 2.22. The number of carbonyl (C=O) groups excluding carboxylic acids is 2. The van der Waals surface area contributed by atoms with E-state index < -0.39 is 0 Å². The first-order valence-electron chi connectivity index (χ1n) is 8.24. The number of benzene rings is 1. The van der Waals surface area contributed by atoms with Gasteiger partial charge in [0.1, 0.15) is 5.78 Å². The summed E-state index contributed by atoms with van der Waals surface area (Å²) >= 11 is 0. The molecule has 22 heavy (non-hydrogen) atoms. The van der Waals surface area contributed by atoms with Gasteiger partial charge in [0.05, 0.1) is 0 Å². The molecule has 0 saturated carbocycles. The maximum atomic E-state index is 12.2. The molecule has 2 nitrogen and oxygen atoms in total. The number of aryl methyl sites for hydroxylation is 1. The molecule has 1 aromatic carbocycles. The Balaban J connectivity index is 0.000000847. The van der Waals surface area contributed by atoms with Crippen molar-refractivity contribution in [2.24, 2.45) is 0 Å². The van der Waals surface area contributed by atoms with Crippen LogP contribution in [0.3, 0.4) is 0 Å². The van der Waals surface area contributed by atoms with Gasteiger partial charge in [0, 0.05) is 24.8 Å². The molecule has 116 valence electrons. The summed E-state index contributed by atoms with van der Waals surface area (Å²) in [7, 11) is 0. The molecule has 0 spiro atoms. The maximum Gasteiger partial charge on any atom is 0.163 e. The van der Waals surface area contributed by atoms with Crippen LogP contribution in [-0.2, 0) is 17.6 Å². The highest BCUT2D eigenvalue weighted by Gasteiger charge is 2.17. The van der Waals surface area contributed by atoms with Crippen molar-refractivity contribution >= 4 is 11.6 Å². The third kappa shape index (κ3) is 4.03. The number of rotatable bonds is 4. The molecule has 0 radical (unpaired) electrons. The molecule has 1 aromatic rings. The second-order valence-electron chi connectivity index (χ2n) is 5.54. The van der Waals surface area contributed by atoms with Crippen molar-refractivity contribution in [3.05, 3.63) is 58.7 Å². The van der Waals surface area contributed by atoms with Crippen molar-refractivity contribution in [3.63, 3.8) is 0 Å². The molecule has 0 aromatic heterocycles. The zero-order valence-electron chi connectivity index (χ0n) is 13.5. The van der Waals surface area contributed by atoms with Gasteiger partial charge < -0.3 is 0 Å². The van der Waals surface area contributed by atoms with Gasteiger partial charge >= 0.3 is 0 Å². The minimum atomic E-state index is 0.200. The van der Waals surface area contributed by atoms with E-state index in [1.807, 2.05) is 32.0 Å². The summed E-state index contributed by atoms with van der Waals surface area (Å²) in [4.78, 5) is 23.6. The third-order valence-electron chi connectivity index (χ3n) is 4.08. The molecule has 0 bridgehead atoms. The van der Waals surface area contributed by atoms with Gasteiger partial charge in [0.25, 0.3) is 0 Å². The van der Waals surface area contributed by atoms with E-state index in [0.29, 0.717) is 25.0 Å². The van der Waals surface area contributed by atoms with Gasteiger partial charge in [0.2, 0.25) is 0 Å². The van der Waals surface area contributed by atoms with E-state index in [0.717, 1.165) is 30.4 Å². The summed E-state index contributed by atoms with van der Waals surface area (Å²) in [6.07, 6.45) is 10.7. The normalized spacial score (nSPS) is 15.7. The monoisotopic (exact) mass is 296 g/mol. The number of hydrogen-bond acceptors (Lipinski definition) is 2. The fraction of sp³-hybridized carbons (Fsp3) is 0.400. The summed E-state index contributed by atoms with van der Waals surface area (Å²) in [6.45, 7) is 4.00. The molecular weight excluding hydrogens is 272 g/mol. The molecule has 3 rings (SSSR count). The fourth-order valence-corrected chi connectivity index (χ4v) is 2.87. The second-order valence-corrected chi connectivity index (χ2v) is 5.54. The van der Waals surface area contributed by atoms with Gasteiger partial charge in [-0.1, -0.05) is 49.8 Å². The number of allylic oxidation sites excluding steroid dienone is 4. The minimum Gasteiger partial charge on any atom is -0.299 e. The summed E-state index contributed by atoms with van der Waals surface area (Å²) in [6, 6.07) is 5.82. The Labute approximate surface area is 132 Å². The van der Waals surface area contributed by atoms with Crippen molar-refractivity contribution < 1.29 is 9.59 Å². The van der Waals surface area contributed by atoms with Crippen LogP contribution in [0, 0.1) is 0 Å². The summed E-state index contributed by atoms with van der Waals surface area (Å²) < 4.78 is 0. The smallest absolute Gasteiger partial charge is 0.163 e. The highest BCUT2D eigenvalue weighted by atomic mass is 16.1. The van der Waals surface area contributed by atoms with Crippen molar-refractivity contribution in [3.8, 4) is 0 Å². The topological polar surface area (TPSA) is 34.1 Å². The molecule has 0 amide bonds. The lowest BCUT2D eigenvalue weighted by atomic mass is 9.88. The molecule has 0 atom stereocenters. The Bertz CT molecular complexity index is 621. The van der Waals surface area contributed by atoms with Crippen LogP contribution in [0.25, 0.3) is 0 Å². The molecule has 2 aliphatic carbocycles. The Morgan fingerprint density at radius 2 is 1.95 bits per heavy atom. The predicted molar refractivity (Wildman–Crippen MR) is 90.2 cm³/mol. The van der Waals surface area contributed by atoms with Gasteiger partial charge in [-0.3, -0.25) is 9.59 Å². The van der Waals surface area contributed by atoms with E-state index in [1.54, 1.807) is 0 Å². The number of fused-ring (bicyclic) bond motifs is 1. The van der Waals surface area contributed by atoms with Crippen LogP contribution in [0.2, 0.25) is 0 Å². The lowest BCUT2D eigenvalue weighted by Gasteiger charge is -2.15. The molecule has 0 fully saturated rings. The number of Topliss-reactive ketones (excluding diaryl/α,β-unsaturated/α-hetero) is 2. The van der Waals surface area contributed by atoms with E-state index >= 15 is 0 Å². The Morgan fingerprint density at radius 3 is 2.68 bits per heavy atom. The molecule has 0 N–H and O–H groups in total. The molecular formula is C20H24O2. The van der Waals surface area contributed by atoms with Gasteiger partial charge in [-0.05, 0) is 36.5 Å². The van der Waals surface area contributed by atoms with Crippen LogP contribution in [0.5, 0.6) is 0 Å². The maximum absolute atomic E-state index is 12.2. The van der Waals surface area contributed by atoms with Crippen LogP contribution in [0.4, 0.5) is 0 Å². The molecule has 0 heterocycles. The van der Waals surface area contributed by atoms with Gasteiger partial charge in [-0.15, -0.1) is 0 Å². The number of carbonyl (C=O) groups is 2. The van der Waals surface area contributed by atoms with Crippen LogP contribution < -0.4 is 0 Å². The lowest BCUT2D eigenvalue weighted by molar-refractivity contribution is -0.118. The fourth-order valence-electron chi connectivity index (χ4n) is 2.87. The van der Waals surface area contributed by atoms with Gasteiger partial charge in [-0.2, -0.15) is 0 Å². The van der Waals surface area contributed by atoms with Crippen molar-refractivity contribution in [1.82, 2.24) is 0 Å². The van der Waals surface area contributed by atoms with Crippen LogP contribution in [-0.4, -0.2) is 11.6 Å². The average Bonchev–Trinajstić information content (AvgIpc) is 3.07. The highest BCUT2D eigenvalue weighted by molar-refractivity contribution is 5.96. The first-order chi connectivity index (χ1) is 10.7. The second kappa shape index (κ2) is 7.88. The first kappa shape index (κ1) is 16.4. The van der Waals surface area contributed by atoms with Crippen LogP contribution >= 0.6 is 0 Å². The SMILES string of the molecule is CC.O=C1CCc2cc(C(=O)CCC3=CCC=C3)ccc2C1. The standard InChI is InChI=1S/C18H18O2.C2H6/c19-17-9-8-14-11-16(7-6-15(14)12-17)18(20)10-5-13-3-1-2-4-13;1-2/h1,3-4,6-7,11H,2,5,8-10,12H2;1-2H3. The zero-order chi connectivity index (χ0) is 15.9. The quantitative estimate of drug-likeness (QED) is 0.760. The largest absolute Gasteiger partial charge is 0.299 e. The van der Waals surface area contributed by atoms with E-state index in [2.05, 4.69) is 18.2 Å². The average molecular weight is 296 g/mol. The van der Waals surface area contributed by atoms with Gasteiger partial charge in [-0.25, -0.2) is 0 Å².